The maximum atomic E-state index is 6.31. The molecule has 0 aliphatic carbocycles. The Bertz CT molecular complexity index is 415. The van der Waals surface area contributed by atoms with E-state index in [9.17, 15) is 0 Å². The van der Waals surface area contributed by atoms with Crippen molar-refractivity contribution in [2.75, 3.05) is 19.7 Å². The molecule has 1 fully saturated rings. The average Bonchev–Trinajstić information content (AvgIpc) is 2.49. The molecule has 0 amide bonds. The van der Waals surface area contributed by atoms with Crippen LogP contribution >= 0.6 is 11.6 Å². The highest BCUT2D eigenvalue weighted by Crippen LogP contribution is 2.30. The Balaban J connectivity index is 1.83. The number of rotatable bonds is 6. The molecular formula is C17H26ClNO. The Morgan fingerprint density at radius 3 is 2.95 bits per heavy atom. The molecule has 1 N–H and O–H groups in total. The molecule has 1 saturated heterocycles. The lowest BCUT2D eigenvalue weighted by Crippen LogP contribution is -2.30. The molecule has 0 bridgehead atoms. The maximum Gasteiger partial charge on any atom is 0.137 e. The highest BCUT2D eigenvalue weighted by atomic mass is 35.5. The number of halogens is 1. The third kappa shape index (κ3) is 4.39. The van der Waals surface area contributed by atoms with Crippen LogP contribution in [0.4, 0.5) is 0 Å². The van der Waals surface area contributed by atoms with Crippen LogP contribution in [-0.2, 0) is 0 Å². The summed E-state index contributed by atoms with van der Waals surface area (Å²) < 4.78 is 5.85. The van der Waals surface area contributed by atoms with Crippen LogP contribution in [-0.4, -0.2) is 19.7 Å². The Labute approximate surface area is 127 Å². The summed E-state index contributed by atoms with van der Waals surface area (Å²) >= 11 is 6.31. The monoisotopic (exact) mass is 295 g/mol. The number of hydrogen-bond donors (Lipinski definition) is 1. The summed E-state index contributed by atoms with van der Waals surface area (Å²) in [5, 5.41) is 4.18. The summed E-state index contributed by atoms with van der Waals surface area (Å²) in [6.45, 7) is 7.47. The minimum Gasteiger partial charge on any atom is -0.492 e. The zero-order chi connectivity index (χ0) is 14.4. The predicted octanol–water partition coefficient (Wildman–Crippen LogP) is 4.62. The first-order chi connectivity index (χ1) is 9.70. The smallest absolute Gasteiger partial charge is 0.137 e. The minimum atomic E-state index is 0.551. The van der Waals surface area contributed by atoms with Gasteiger partial charge in [-0.15, -0.1) is 0 Å². The molecule has 1 aromatic carbocycles. The van der Waals surface area contributed by atoms with Gasteiger partial charge in [0.2, 0.25) is 0 Å². The van der Waals surface area contributed by atoms with Crippen LogP contribution in [0.15, 0.2) is 18.2 Å². The van der Waals surface area contributed by atoms with Crippen molar-refractivity contribution in [3.8, 4) is 5.75 Å². The molecule has 1 heterocycles. The summed E-state index contributed by atoms with van der Waals surface area (Å²) in [5.41, 5.74) is 1.29. The second-order valence-corrected chi connectivity index (χ2v) is 6.26. The van der Waals surface area contributed by atoms with Crippen molar-refractivity contribution in [3.63, 3.8) is 0 Å². The standard InChI is InChI=1S/C17H26ClNO/c1-3-13(2)15-6-7-17(16(18)11-15)20-10-8-14-5-4-9-19-12-14/h6-7,11,13-14,19H,3-5,8-10,12H2,1-2H3/t13-,14-/m0/s1. The molecular weight excluding hydrogens is 270 g/mol. The van der Waals surface area contributed by atoms with Gasteiger partial charge >= 0.3 is 0 Å². The molecule has 2 atom stereocenters. The Kier molecular flexibility index (Phi) is 6.18. The fraction of sp³-hybridized carbons (Fsp3) is 0.647. The lowest BCUT2D eigenvalue weighted by Gasteiger charge is -2.22. The third-order valence-corrected chi connectivity index (χ3v) is 4.62. The van der Waals surface area contributed by atoms with Gasteiger partial charge in [0, 0.05) is 0 Å². The Hall–Kier alpha value is -0.730. The van der Waals surface area contributed by atoms with Gasteiger partial charge in [-0.1, -0.05) is 31.5 Å². The van der Waals surface area contributed by atoms with E-state index in [4.69, 9.17) is 16.3 Å². The third-order valence-electron chi connectivity index (χ3n) is 4.32. The summed E-state index contributed by atoms with van der Waals surface area (Å²) in [4.78, 5) is 0. The van der Waals surface area contributed by atoms with Gasteiger partial charge < -0.3 is 10.1 Å². The second kappa shape index (κ2) is 7.90. The van der Waals surface area contributed by atoms with Gasteiger partial charge in [0.05, 0.1) is 11.6 Å². The van der Waals surface area contributed by atoms with Gasteiger partial charge in [0.15, 0.2) is 0 Å². The Morgan fingerprint density at radius 2 is 2.30 bits per heavy atom. The van der Waals surface area contributed by atoms with E-state index in [1.54, 1.807) is 0 Å². The fourth-order valence-corrected chi connectivity index (χ4v) is 2.93. The zero-order valence-corrected chi connectivity index (χ0v) is 13.4. The van der Waals surface area contributed by atoms with E-state index in [2.05, 4.69) is 25.2 Å². The van der Waals surface area contributed by atoms with Gasteiger partial charge in [-0.3, -0.25) is 0 Å². The van der Waals surface area contributed by atoms with E-state index in [1.165, 1.54) is 24.9 Å². The number of piperidine rings is 1. The molecule has 2 nitrogen and oxygen atoms in total. The molecule has 0 spiro atoms. The molecule has 1 aliphatic heterocycles. The van der Waals surface area contributed by atoms with Gasteiger partial charge in [-0.2, -0.15) is 0 Å². The van der Waals surface area contributed by atoms with Gasteiger partial charge in [0.1, 0.15) is 5.75 Å². The number of benzene rings is 1. The van der Waals surface area contributed by atoms with E-state index < -0.39 is 0 Å². The van der Waals surface area contributed by atoms with Crippen LogP contribution in [0.1, 0.15) is 51.0 Å². The SMILES string of the molecule is CC[C@H](C)c1ccc(OCC[C@@H]2CCCNC2)c(Cl)c1. The minimum absolute atomic E-state index is 0.551. The molecule has 0 radical (unpaired) electrons. The van der Waals surface area contributed by atoms with Gasteiger partial charge in [0.25, 0.3) is 0 Å². The highest BCUT2D eigenvalue weighted by Gasteiger charge is 2.13. The van der Waals surface area contributed by atoms with E-state index in [0.29, 0.717) is 5.92 Å². The van der Waals surface area contributed by atoms with Gasteiger partial charge in [-0.25, -0.2) is 0 Å². The topological polar surface area (TPSA) is 21.3 Å². The fourth-order valence-electron chi connectivity index (χ4n) is 2.68. The Morgan fingerprint density at radius 1 is 1.45 bits per heavy atom. The quantitative estimate of drug-likeness (QED) is 0.826. The van der Waals surface area contributed by atoms with Crippen LogP contribution in [0.25, 0.3) is 0 Å². The van der Waals surface area contributed by atoms with Crippen molar-refractivity contribution in [1.82, 2.24) is 5.32 Å². The maximum absolute atomic E-state index is 6.31. The molecule has 0 unspecified atom stereocenters. The molecule has 3 heteroatoms. The molecule has 20 heavy (non-hydrogen) atoms. The first kappa shape index (κ1) is 15.7. The first-order valence-corrected chi connectivity index (χ1v) is 8.21. The van der Waals surface area contributed by atoms with E-state index >= 15 is 0 Å². The molecule has 0 aromatic heterocycles. The van der Waals surface area contributed by atoms with E-state index in [1.807, 2.05) is 12.1 Å². The highest BCUT2D eigenvalue weighted by molar-refractivity contribution is 6.32. The van der Waals surface area contributed by atoms with Crippen LogP contribution in [0, 0.1) is 5.92 Å². The summed E-state index contributed by atoms with van der Waals surface area (Å²) in [6, 6.07) is 6.20. The van der Waals surface area contributed by atoms with E-state index in [-0.39, 0.29) is 0 Å². The molecule has 1 aromatic rings. The van der Waals surface area contributed by atoms with Crippen molar-refractivity contribution >= 4 is 11.6 Å². The number of hydrogen-bond acceptors (Lipinski definition) is 2. The van der Waals surface area contributed by atoms with Gasteiger partial charge in [-0.05, 0) is 68.3 Å². The van der Waals surface area contributed by atoms with Crippen LogP contribution in [0.5, 0.6) is 5.75 Å². The van der Waals surface area contributed by atoms with Crippen molar-refractivity contribution in [2.45, 2.75) is 45.4 Å². The van der Waals surface area contributed by atoms with Crippen molar-refractivity contribution in [3.05, 3.63) is 28.8 Å². The molecule has 1 aliphatic rings. The van der Waals surface area contributed by atoms with Crippen molar-refractivity contribution in [2.24, 2.45) is 5.92 Å². The summed E-state index contributed by atoms with van der Waals surface area (Å²) in [5.74, 6) is 2.12. The zero-order valence-electron chi connectivity index (χ0n) is 12.6. The summed E-state index contributed by atoms with van der Waals surface area (Å²) in [6.07, 6.45) is 4.84. The normalized spacial score (nSPS) is 20.6. The molecule has 112 valence electrons. The average molecular weight is 296 g/mol. The second-order valence-electron chi connectivity index (χ2n) is 5.85. The van der Waals surface area contributed by atoms with Crippen LogP contribution in [0.3, 0.4) is 0 Å². The largest absolute Gasteiger partial charge is 0.492 e. The predicted molar refractivity (Wildman–Crippen MR) is 85.9 cm³/mol. The molecule has 0 saturated carbocycles. The first-order valence-electron chi connectivity index (χ1n) is 7.83. The van der Waals surface area contributed by atoms with Crippen LogP contribution in [0.2, 0.25) is 5.02 Å². The number of ether oxygens (including phenoxy) is 1. The van der Waals surface area contributed by atoms with Crippen molar-refractivity contribution in [1.29, 1.82) is 0 Å². The summed E-state index contributed by atoms with van der Waals surface area (Å²) in [7, 11) is 0. The van der Waals surface area contributed by atoms with E-state index in [0.717, 1.165) is 42.7 Å². The lowest BCUT2D eigenvalue weighted by atomic mass is 9.97. The number of nitrogens with one attached hydrogen (secondary N) is 1. The van der Waals surface area contributed by atoms with Crippen molar-refractivity contribution < 1.29 is 4.74 Å². The molecule has 2 rings (SSSR count). The van der Waals surface area contributed by atoms with Crippen LogP contribution < -0.4 is 10.1 Å². The lowest BCUT2D eigenvalue weighted by molar-refractivity contribution is 0.254.